The van der Waals surface area contributed by atoms with Crippen LogP contribution in [0.25, 0.3) is 16.7 Å². The van der Waals surface area contributed by atoms with Gasteiger partial charge in [0.15, 0.2) is 11.3 Å². The van der Waals surface area contributed by atoms with E-state index in [4.69, 9.17) is 14.5 Å². The summed E-state index contributed by atoms with van der Waals surface area (Å²) in [6, 6.07) is 7.28. The maximum absolute atomic E-state index is 14.3. The second kappa shape index (κ2) is 15.9. The molecule has 6 fully saturated rings. The number of benzene rings is 1. The summed E-state index contributed by atoms with van der Waals surface area (Å²) in [5, 5.41) is 13.6. The Balaban J connectivity index is 0.641. The van der Waals surface area contributed by atoms with Crippen LogP contribution in [0.15, 0.2) is 47.7 Å². The van der Waals surface area contributed by atoms with E-state index in [1.165, 1.54) is 10.7 Å². The molecule has 1 unspecified atom stereocenters. The number of ether oxygens (including phenoxy) is 2. The van der Waals surface area contributed by atoms with Gasteiger partial charge in [-0.25, -0.2) is 23.1 Å². The number of carbonyl (C=O) groups is 3. The standard InChI is InChI=1S/C44H51F2N11O6/c1-52-39-31(3-2-4-34(39)57(44(52)61)35-9-10-37(58)50-43(35)60)26-13-25(14-26)22-62-30-18-53(19-30)17-24-5-7-27(8-6-24)56-21-33(38(51-56)40(45)46)48-42(59)32-16-47-55-12-11-36(49-41(32)55)54-20-29-15-28(54)23-63-29/h2-4,11-12,16,21,24-30,35,40H,5-10,13-15,17-20,22-23H2,1H3,(H,48,59)(H,50,58,60)/t24-,25-,26-,27-,28-,29-,35?/m1/s1. The summed E-state index contributed by atoms with van der Waals surface area (Å²) >= 11 is 0. The number of imidazole rings is 1. The smallest absolute Gasteiger partial charge is 0.329 e. The van der Waals surface area contributed by atoms with Gasteiger partial charge in [0, 0.05) is 58.6 Å². The maximum atomic E-state index is 14.3. The highest BCUT2D eigenvalue weighted by Crippen LogP contribution is 2.45. The number of piperidine rings is 1. The van der Waals surface area contributed by atoms with Gasteiger partial charge in [-0.3, -0.25) is 38.4 Å². The lowest BCUT2D eigenvalue weighted by atomic mass is 9.71. The van der Waals surface area contributed by atoms with Crippen molar-refractivity contribution in [2.45, 2.75) is 100 Å². The number of morpholine rings is 1. The number of anilines is 2. The fourth-order valence-electron chi connectivity index (χ4n) is 11.1. The van der Waals surface area contributed by atoms with Gasteiger partial charge in [-0.05, 0) is 86.8 Å². The lowest BCUT2D eigenvalue weighted by Gasteiger charge is -2.43. The molecule has 3 amide bonds. The summed E-state index contributed by atoms with van der Waals surface area (Å²) in [7, 11) is 1.75. The van der Waals surface area contributed by atoms with Crippen LogP contribution in [0.1, 0.15) is 104 Å². The molecule has 0 radical (unpaired) electrons. The van der Waals surface area contributed by atoms with Gasteiger partial charge in [0.1, 0.15) is 17.4 Å². The fourth-order valence-corrected chi connectivity index (χ4v) is 11.1. The van der Waals surface area contributed by atoms with Gasteiger partial charge >= 0.3 is 5.69 Å². The van der Waals surface area contributed by atoms with E-state index in [0.29, 0.717) is 43.0 Å². The van der Waals surface area contributed by atoms with E-state index in [1.807, 2.05) is 18.2 Å². The van der Waals surface area contributed by atoms with Crippen molar-refractivity contribution in [1.29, 1.82) is 0 Å². The Kier molecular flexibility index (Phi) is 10.2. The van der Waals surface area contributed by atoms with Crippen molar-refractivity contribution in [2.75, 3.05) is 49.6 Å². The molecule has 8 heterocycles. The zero-order valence-electron chi connectivity index (χ0n) is 35.1. The molecule has 2 bridgehead atoms. The summed E-state index contributed by atoms with van der Waals surface area (Å²) in [5.41, 5.74) is 2.54. The quantitative estimate of drug-likeness (QED) is 0.171. The highest BCUT2D eigenvalue weighted by atomic mass is 19.3. The number of carbonyl (C=O) groups excluding carboxylic acids is 3. The molecule has 19 heteroatoms. The third-order valence-corrected chi connectivity index (χ3v) is 14.5. The van der Waals surface area contributed by atoms with Crippen molar-refractivity contribution in [3.63, 3.8) is 0 Å². The lowest BCUT2D eigenvalue weighted by Crippen LogP contribution is -2.54. The van der Waals surface area contributed by atoms with Crippen molar-refractivity contribution in [3.8, 4) is 0 Å². The number of aryl methyl sites for hydroxylation is 1. The molecule has 2 saturated carbocycles. The Labute approximate surface area is 360 Å². The minimum atomic E-state index is -2.86. The number of halogens is 2. The number of nitrogens with zero attached hydrogens (tertiary/aromatic N) is 9. The Morgan fingerprint density at radius 3 is 2.59 bits per heavy atom. The van der Waals surface area contributed by atoms with Gasteiger partial charge in [-0.2, -0.15) is 10.2 Å². The molecule has 0 spiro atoms. The predicted octanol–water partition coefficient (Wildman–Crippen LogP) is 4.35. The predicted molar refractivity (Wildman–Crippen MR) is 225 cm³/mol. The third-order valence-electron chi connectivity index (χ3n) is 14.5. The average Bonchev–Trinajstić information content (AvgIpc) is 4.09. The molecule has 2 N–H and O–H groups in total. The fraction of sp³-hybridized carbons (Fsp3) is 0.568. The number of para-hydroxylation sites is 1. The van der Waals surface area contributed by atoms with Gasteiger partial charge in [0.25, 0.3) is 12.3 Å². The molecular formula is C44H51F2N11O6. The zero-order valence-corrected chi connectivity index (χ0v) is 35.1. The van der Waals surface area contributed by atoms with Crippen LogP contribution in [0.4, 0.5) is 20.3 Å². The van der Waals surface area contributed by atoms with E-state index in [2.05, 4.69) is 36.7 Å². The van der Waals surface area contributed by atoms with Crippen LogP contribution in [0.5, 0.6) is 0 Å². The summed E-state index contributed by atoms with van der Waals surface area (Å²) in [5.74, 6) is 0.665. The highest BCUT2D eigenvalue weighted by Gasteiger charge is 2.41. The molecule has 6 aliphatic rings. The monoisotopic (exact) mass is 867 g/mol. The topological polar surface area (TPSA) is 175 Å². The molecule has 63 heavy (non-hydrogen) atoms. The van der Waals surface area contributed by atoms with Gasteiger partial charge < -0.3 is 19.7 Å². The summed E-state index contributed by atoms with van der Waals surface area (Å²) < 4.78 is 46.9. The number of likely N-dealkylation sites (tertiary alicyclic amines) is 1. The first-order chi connectivity index (χ1) is 30.5. The van der Waals surface area contributed by atoms with E-state index in [-0.39, 0.29) is 53.6 Å². The Morgan fingerprint density at radius 1 is 1.02 bits per heavy atom. The van der Waals surface area contributed by atoms with Crippen LogP contribution >= 0.6 is 0 Å². The second-order valence-electron chi connectivity index (χ2n) is 18.5. The van der Waals surface area contributed by atoms with Gasteiger partial charge in [-0.1, -0.05) is 12.1 Å². The van der Waals surface area contributed by atoms with E-state index in [9.17, 15) is 28.0 Å². The molecular weight excluding hydrogens is 817 g/mol. The number of aromatic nitrogens is 7. The minimum absolute atomic E-state index is 0.00305. The first kappa shape index (κ1) is 40.3. The molecule has 2 aliphatic carbocycles. The SMILES string of the molecule is Cn1c(=O)n(C2CCC(=O)NC2=O)c2cccc([C@H]3C[C@H](COC4CN(C[C@H]5CC[C@H](n6cc(NC(=O)c7cnn8ccc(N9C[C@H]%10C[C@@H]9CO%10)nc78)c(C(F)F)n6)CC5)C4)C3)c21. The van der Waals surface area contributed by atoms with Crippen LogP contribution in [-0.2, 0) is 26.1 Å². The van der Waals surface area contributed by atoms with E-state index >= 15 is 0 Å². The zero-order chi connectivity index (χ0) is 43.1. The average molecular weight is 868 g/mol. The minimum Gasteiger partial charge on any atom is -0.375 e. The maximum Gasteiger partial charge on any atom is 0.329 e. The first-order valence-electron chi connectivity index (χ1n) is 22.3. The number of alkyl halides is 2. The largest absolute Gasteiger partial charge is 0.375 e. The van der Waals surface area contributed by atoms with Crippen molar-refractivity contribution in [1.82, 2.24) is 43.7 Å². The van der Waals surface area contributed by atoms with Gasteiger partial charge in [0.2, 0.25) is 11.8 Å². The van der Waals surface area contributed by atoms with Crippen LogP contribution in [0.2, 0.25) is 0 Å². The van der Waals surface area contributed by atoms with Crippen molar-refractivity contribution >= 4 is 45.9 Å². The van der Waals surface area contributed by atoms with Gasteiger partial charge in [0.05, 0.1) is 53.8 Å². The highest BCUT2D eigenvalue weighted by molar-refractivity contribution is 6.08. The van der Waals surface area contributed by atoms with Crippen LogP contribution in [-0.4, -0.2) is 114 Å². The summed E-state index contributed by atoms with van der Waals surface area (Å²) in [6.45, 7) is 4.84. The van der Waals surface area contributed by atoms with E-state index in [1.54, 1.807) is 33.3 Å². The van der Waals surface area contributed by atoms with Crippen molar-refractivity contribution in [2.24, 2.45) is 18.9 Å². The van der Waals surface area contributed by atoms with E-state index < -0.39 is 30.0 Å². The number of fused-ring (bicyclic) bond motifs is 4. The number of nitrogens with one attached hydrogen (secondary N) is 2. The molecule has 5 aromatic rings. The number of hydrogen-bond donors (Lipinski definition) is 2. The second-order valence-corrected chi connectivity index (χ2v) is 18.5. The normalized spacial score (nSPS) is 27.7. The third kappa shape index (κ3) is 7.30. The van der Waals surface area contributed by atoms with Crippen LogP contribution in [0.3, 0.4) is 0 Å². The number of amides is 3. The first-order valence-corrected chi connectivity index (χ1v) is 22.3. The summed E-state index contributed by atoms with van der Waals surface area (Å²) in [6.07, 6.45) is 9.17. The van der Waals surface area contributed by atoms with Crippen LogP contribution < -0.4 is 21.2 Å². The van der Waals surface area contributed by atoms with Crippen LogP contribution in [0, 0.1) is 11.8 Å². The Hall–Kier alpha value is -5.53. The number of hydrogen-bond acceptors (Lipinski definition) is 11. The molecule has 332 valence electrons. The van der Waals surface area contributed by atoms with E-state index in [0.717, 1.165) is 93.5 Å². The van der Waals surface area contributed by atoms with Gasteiger partial charge in [-0.15, -0.1) is 0 Å². The lowest BCUT2D eigenvalue weighted by molar-refractivity contribution is -0.135. The number of imide groups is 1. The number of rotatable bonds is 12. The van der Waals surface area contributed by atoms with Crippen molar-refractivity contribution < 1.29 is 32.6 Å². The molecule has 4 aromatic heterocycles. The molecule has 1 aromatic carbocycles. The summed E-state index contributed by atoms with van der Waals surface area (Å²) in [4.78, 5) is 60.7. The molecule has 3 atom stereocenters. The van der Waals surface area contributed by atoms with Crippen molar-refractivity contribution in [3.05, 3.63) is 70.2 Å². The molecule has 11 rings (SSSR count). The molecule has 4 saturated heterocycles. The Bertz CT molecular complexity index is 2650. The molecule has 4 aliphatic heterocycles. The molecule has 17 nitrogen and oxygen atoms in total. The Morgan fingerprint density at radius 2 is 1.84 bits per heavy atom.